The van der Waals surface area contributed by atoms with Crippen molar-refractivity contribution in [3.63, 3.8) is 0 Å². The minimum atomic E-state index is 0. The van der Waals surface area contributed by atoms with E-state index in [0.29, 0.717) is 56.4 Å². The Morgan fingerprint density at radius 2 is 1.03 bits per heavy atom. The number of unbranched alkanes of at least 4 members (excludes halogenated alkanes) is 4. The van der Waals surface area contributed by atoms with Crippen molar-refractivity contribution in [2.24, 2.45) is 0 Å². The summed E-state index contributed by atoms with van der Waals surface area (Å²) in [5.74, 6) is 3.38. The van der Waals surface area contributed by atoms with Crippen LogP contribution in [0.25, 0.3) is 0 Å². The van der Waals surface area contributed by atoms with Gasteiger partial charge in [0.1, 0.15) is 32.1 Å². The summed E-state index contributed by atoms with van der Waals surface area (Å²) in [5.41, 5.74) is 0. The molecule has 0 aliphatic rings. The molecule has 0 saturated carbocycles. The quantitative estimate of drug-likeness (QED) is 0.179. The molecular weight excluding hydrogens is 514 g/mol. The van der Waals surface area contributed by atoms with Gasteiger partial charge in [-0.1, -0.05) is 64.0 Å². The first kappa shape index (κ1) is 31.6. The predicted octanol–water partition coefficient (Wildman–Crippen LogP) is 7.53. The van der Waals surface area contributed by atoms with Crippen molar-refractivity contribution in [3.05, 3.63) is 32.1 Å². The third kappa shape index (κ3) is 9.03. The first-order valence-electron chi connectivity index (χ1n) is 11.0. The van der Waals surface area contributed by atoms with Crippen LogP contribution in [0.2, 0.25) is 0 Å². The van der Waals surface area contributed by atoms with Crippen molar-refractivity contribution in [3.8, 4) is 23.0 Å². The molecule has 0 aliphatic carbocycles. The molecule has 0 fully saturated rings. The molecule has 2 heterocycles. The van der Waals surface area contributed by atoms with Crippen LogP contribution in [0.3, 0.4) is 0 Å². The summed E-state index contributed by atoms with van der Waals surface area (Å²) in [5, 5.41) is 19.7. The molecule has 9 heteroatoms. The zero-order valence-electron chi connectivity index (χ0n) is 20.7. The van der Waals surface area contributed by atoms with Crippen LogP contribution in [0.4, 0.5) is 0 Å². The molecular formula is C24H36O6S2Zn. The molecule has 2 N–H and O–H groups in total. The van der Waals surface area contributed by atoms with Gasteiger partial charge in [0.05, 0.1) is 14.2 Å². The molecule has 0 bridgehead atoms. The fraction of sp³-hybridized carbons (Fsp3) is 0.583. The number of rotatable bonds is 10. The van der Waals surface area contributed by atoms with Gasteiger partial charge in [-0.3, -0.25) is 0 Å². The maximum atomic E-state index is 9.86. The molecule has 0 aromatic carbocycles. The van der Waals surface area contributed by atoms with Gasteiger partial charge in [0.25, 0.3) is 0 Å². The third-order valence-electron chi connectivity index (χ3n) is 4.99. The van der Waals surface area contributed by atoms with Crippen molar-refractivity contribution in [1.82, 2.24) is 0 Å². The Hall–Kier alpha value is -1.44. The SMILES string of the molecule is CCCCCc1oc(C)c(OC)c(=S)c1O.CCCCCc1oc(C)c(OC)c(=S)c1O.[Zn]. The molecule has 182 valence electrons. The van der Waals surface area contributed by atoms with Gasteiger partial charge in [-0.05, 0) is 26.7 Å². The van der Waals surface area contributed by atoms with Gasteiger partial charge >= 0.3 is 0 Å². The smallest absolute Gasteiger partial charge is 0.178 e. The van der Waals surface area contributed by atoms with Crippen LogP contribution in [0.15, 0.2) is 8.83 Å². The van der Waals surface area contributed by atoms with E-state index in [1.54, 1.807) is 13.8 Å². The van der Waals surface area contributed by atoms with E-state index >= 15 is 0 Å². The molecule has 0 unspecified atom stereocenters. The molecule has 2 rings (SSSR count). The summed E-state index contributed by atoms with van der Waals surface area (Å²) < 4.78 is 21.9. The van der Waals surface area contributed by atoms with Crippen LogP contribution >= 0.6 is 24.4 Å². The van der Waals surface area contributed by atoms with E-state index in [-0.39, 0.29) is 31.0 Å². The number of ether oxygens (including phenoxy) is 2. The Morgan fingerprint density at radius 1 is 0.697 bits per heavy atom. The summed E-state index contributed by atoms with van der Waals surface area (Å²) in [6.45, 7) is 7.85. The molecule has 0 aliphatic heterocycles. The minimum Gasteiger partial charge on any atom is -0.503 e. The molecule has 0 saturated heterocycles. The molecule has 6 nitrogen and oxygen atoms in total. The topological polar surface area (TPSA) is 85.2 Å². The molecule has 33 heavy (non-hydrogen) atoms. The Balaban J connectivity index is 0.000000602. The van der Waals surface area contributed by atoms with E-state index in [1.807, 2.05) is 0 Å². The Bertz CT molecular complexity index is 905. The second-order valence-corrected chi connectivity index (χ2v) is 8.32. The number of aromatic hydroxyl groups is 2. The minimum absolute atomic E-state index is 0. The zero-order chi connectivity index (χ0) is 24.3. The first-order chi connectivity index (χ1) is 15.2. The molecule has 0 amide bonds. The summed E-state index contributed by atoms with van der Waals surface area (Å²) >= 11 is 10.2. The number of hydrogen-bond acceptors (Lipinski definition) is 8. The maximum Gasteiger partial charge on any atom is 0.178 e. The molecule has 2 aromatic heterocycles. The zero-order valence-corrected chi connectivity index (χ0v) is 25.3. The van der Waals surface area contributed by atoms with Crippen molar-refractivity contribution >= 4 is 24.4 Å². The van der Waals surface area contributed by atoms with E-state index in [2.05, 4.69) is 13.8 Å². The summed E-state index contributed by atoms with van der Waals surface area (Å²) in [4.78, 5) is 0. The van der Waals surface area contributed by atoms with Gasteiger partial charge < -0.3 is 28.5 Å². The van der Waals surface area contributed by atoms with E-state index in [9.17, 15) is 10.2 Å². The Kier molecular flexibility index (Phi) is 15.5. The second kappa shape index (κ2) is 16.2. The molecule has 0 atom stereocenters. The summed E-state index contributed by atoms with van der Waals surface area (Å²) in [7, 11) is 3.04. The average Bonchev–Trinajstić information content (AvgIpc) is 2.76. The second-order valence-electron chi connectivity index (χ2n) is 7.50. The van der Waals surface area contributed by atoms with Crippen molar-refractivity contribution in [2.45, 2.75) is 79.1 Å². The average molecular weight is 550 g/mol. The van der Waals surface area contributed by atoms with E-state index in [0.717, 1.165) is 38.5 Å². The molecule has 2 aromatic rings. The predicted molar refractivity (Wildman–Crippen MR) is 131 cm³/mol. The maximum absolute atomic E-state index is 9.86. The van der Waals surface area contributed by atoms with Crippen LogP contribution in [0.1, 0.15) is 75.4 Å². The molecule has 0 radical (unpaired) electrons. The van der Waals surface area contributed by atoms with Gasteiger partial charge in [-0.15, -0.1) is 0 Å². The van der Waals surface area contributed by atoms with E-state index in [4.69, 9.17) is 42.7 Å². The van der Waals surface area contributed by atoms with Gasteiger partial charge in [0, 0.05) is 32.3 Å². The number of methoxy groups -OCH3 is 2. The summed E-state index contributed by atoms with van der Waals surface area (Å²) in [6.07, 6.45) is 7.93. The fourth-order valence-corrected chi connectivity index (χ4v) is 3.91. The number of hydrogen-bond donors (Lipinski definition) is 2. The Labute approximate surface area is 220 Å². The monoisotopic (exact) mass is 548 g/mol. The summed E-state index contributed by atoms with van der Waals surface area (Å²) in [6, 6.07) is 0. The Morgan fingerprint density at radius 3 is 1.30 bits per heavy atom. The van der Waals surface area contributed by atoms with Gasteiger partial charge in [0.15, 0.2) is 23.0 Å². The van der Waals surface area contributed by atoms with Crippen molar-refractivity contribution < 1.29 is 48.0 Å². The van der Waals surface area contributed by atoms with E-state index in [1.165, 1.54) is 14.2 Å². The first-order valence-corrected chi connectivity index (χ1v) is 11.8. The normalized spacial score (nSPS) is 10.1. The van der Waals surface area contributed by atoms with Crippen LogP contribution < -0.4 is 9.47 Å². The van der Waals surface area contributed by atoms with Crippen molar-refractivity contribution in [1.29, 1.82) is 0 Å². The number of aryl methyl sites for hydroxylation is 4. The van der Waals surface area contributed by atoms with Crippen LogP contribution in [0.5, 0.6) is 23.0 Å². The van der Waals surface area contributed by atoms with Gasteiger partial charge in [-0.2, -0.15) is 0 Å². The van der Waals surface area contributed by atoms with Crippen molar-refractivity contribution in [2.75, 3.05) is 14.2 Å². The standard InChI is InChI=1S/2C12H18O3S.Zn/c2*1-4-5-6-7-9-10(13)12(16)11(14-3)8(2)15-9;/h2*13H,4-7H2,1-3H3;. The van der Waals surface area contributed by atoms with Crippen LogP contribution in [-0.4, -0.2) is 24.4 Å². The van der Waals surface area contributed by atoms with E-state index < -0.39 is 0 Å². The third-order valence-corrected chi connectivity index (χ3v) is 5.74. The molecule has 0 spiro atoms. The van der Waals surface area contributed by atoms with Crippen LogP contribution in [0, 0.1) is 22.9 Å². The fourth-order valence-electron chi connectivity index (χ4n) is 3.23. The largest absolute Gasteiger partial charge is 0.503 e. The van der Waals surface area contributed by atoms with Gasteiger partial charge in [0.2, 0.25) is 0 Å². The van der Waals surface area contributed by atoms with Crippen LogP contribution in [-0.2, 0) is 32.3 Å². The van der Waals surface area contributed by atoms with Gasteiger partial charge in [-0.25, -0.2) is 0 Å².